The Morgan fingerprint density at radius 1 is 1.25 bits per heavy atom. The Balaban J connectivity index is 3.08. The van der Waals surface area contributed by atoms with E-state index >= 15 is 0 Å². The molecule has 2 atom stereocenters. The van der Waals surface area contributed by atoms with Crippen molar-refractivity contribution in [1.29, 1.82) is 0 Å². The van der Waals surface area contributed by atoms with E-state index in [4.69, 9.17) is 5.73 Å². The quantitative estimate of drug-likeness (QED) is 0.816. The van der Waals surface area contributed by atoms with Gasteiger partial charge in [-0.05, 0) is 29.9 Å². The second-order valence-corrected chi connectivity index (χ2v) is 4.90. The molecule has 0 aliphatic carbocycles. The smallest absolute Gasteiger partial charge is 0.120 e. The summed E-state index contributed by atoms with van der Waals surface area (Å²) in [7, 11) is 0. The molecule has 2 heteroatoms. The van der Waals surface area contributed by atoms with Gasteiger partial charge in [0.05, 0.1) is 0 Å². The molecule has 1 aromatic carbocycles. The minimum atomic E-state index is -0.0935. The van der Waals surface area contributed by atoms with Crippen molar-refractivity contribution in [2.75, 3.05) is 0 Å². The van der Waals surface area contributed by atoms with E-state index in [1.54, 1.807) is 6.07 Å². The Kier molecular flexibility index (Phi) is 4.36. The average Bonchev–Trinajstić information content (AvgIpc) is 2.27. The fourth-order valence-corrected chi connectivity index (χ4v) is 1.74. The molecule has 0 spiro atoms. The van der Waals surface area contributed by atoms with Gasteiger partial charge in [-0.15, -0.1) is 0 Å². The SMILES string of the molecule is CCC(C)c1ccc(O)c(C(N)C(C)C)c1. The molecule has 2 nitrogen and oxygen atoms in total. The molecule has 90 valence electrons. The standard InChI is InChI=1S/C14H23NO/c1-5-10(4)11-6-7-13(16)12(8-11)14(15)9(2)3/h6-10,14,16H,5,15H2,1-4H3. The molecule has 1 aromatic rings. The highest BCUT2D eigenvalue weighted by Crippen LogP contribution is 2.31. The summed E-state index contributed by atoms with van der Waals surface area (Å²) in [6, 6.07) is 5.71. The number of hydrogen-bond donors (Lipinski definition) is 2. The fraction of sp³-hybridized carbons (Fsp3) is 0.571. The summed E-state index contributed by atoms with van der Waals surface area (Å²) in [4.78, 5) is 0. The lowest BCUT2D eigenvalue weighted by atomic mass is 9.91. The van der Waals surface area contributed by atoms with Crippen molar-refractivity contribution in [3.8, 4) is 5.75 Å². The maximum Gasteiger partial charge on any atom is 0.120 e. The zero-order valence-corrected chi connectivity index (χ0v) is 10.7. The van der Waals surface area contributed by atoms with Crippen LogP contribution in [0.1, 0.15) is 57.2 Å². The maximum atomic E-state index is 9.83. The molecule has 0 bridgehead atoms. The lowest BCUT2D eigenvalue weighted by Crippen LogP contribution is -2.17. The summed E-state index contributed by atoms with van der Waals surface area (Å²) in [5, 5.41) is 9.83. The van der Waals surface area contributed by atoms with Crippen LogP contribution in [0.15, 0.2) is 18.2 Å². The first-order chi connectivity index (χ1) is 7.47. The van der Waals surface area contributed by atoms with Gasteiger partial charge in [0.25, 0.3) is 0 Å². The molecule has 3 N–H and O–H groups in total. The van der Waals surface area contributed by atoms with E-state index in [1.165, 1.54) is 5.56 Å². The van der Waals surface area contributed by atoms with Crippen LogP contribution >= 0.6 is 0 Å². The zero-order chi connectivity index (χ0) is 12.3. The van der Waals surface area contributed by atoms with Crippen molar-refractivity contribution in [2.24, 2.45) is 11.7 Å². The molecule has 0 aromatic heterocycles. The summed E-state index contributed by atoms with van der Waals surface area (Å²) in [5.74, 6) is 1.16. The second-order valence-electron chi connectivity index (χ2n) is 4.90. The second kappa shape index (κ2) is 5.35. The van der Waals surface area contributed by atoms with Crippen LogP contribution in [0.5, 0.6) is 5.75 Å². The lowest BCUT2D eigenvalue weighted by molar-refractivity contribution is 0.439. The van der Waals surface area contributed by atoms with Gasteiger partial charge in [-0.1, -0.05) is 39.8 Å². The van der Waals surface area contributed by atoms with E-state index < -0.39 is 0 Å². The van der Waals surface area contributed by atoms with Gasteiger partial charge in [-0.3, -0.25) is 0 Å². The Morgan fingerprint density at radius 3 is 2.38 bits per heavy atom. The van der Waals surface area contributed by atoms with Gasteiger partial charge in [-0.25, -0.2) is 0 Å². The third kappa shape index (κ3) is 2.76. The van der Waals surface area contributed by atoms with Crippen molar-refractivity contribution in [2.45, 2.75) is 46.1 Å². The summed E-state index contributed by atoms with van der Waals surface area (Å²) in [6.45, 7) is 8.50. The Labute approximate surface area is 98.5 Å². The normalized spacial score (nSPS) is 15.1. The van der Waals surface area contributed by atoms with E-state index in [1.807, 2.05) is 12.1 Å². The molecule has 0 saturated carbocycles. The lowest BCUT2D eigenvalue weighted by Gasteiger charge is -2.19. The van der Waals surface area contributed by atoms with Crippen LogP contribution in [-0.4, -0.2) is 5.11 Å². The third-order valence-electron chi connectivity index (χ3n) is 3.31. The van der Waals surface area contributed by atoms with Gasteiger partial charge >= 0.3 is 0 Å². The van der Waals surface area contributed by atoms with Crippen LogP contribution in [0.25, 0.3) is 0 Å². The predicted molar refractivity (Wildman–Crippen MR) is 68.6 cm³/mol. The van der Waals surface area contributed by atoms with Crippen LogP contribution in [0.3, 0.4) is 0 Å². The topological polar surface area (TPSA) is 46.2 Å². The highest BCUT2D eigenvalue weighted by atomic mass is 16.3. The first kappa shape index (κ1) is 13.0. The molecule has 0 saturated heterocycles. The largest absolute Gasteiger partial charge is 0.508 e. The summed E-state index contributed by atoms with van der Waals surface area (Å²) in [5.41, 5.74) is 8.21. The Bertz CT molecular complexity index is 347. The summed E-state index contributed by atoms with van der Waals surface area (Å²) < 4.78 is 0. The predicted octanol–water partition coefficient (Wildman–Crippen LogP) is 3.56. The van der Waals surface area contributed by atoms with E-state index in [9.17, 15) is 5.11 Å². The van der Waals surface area contributed by atoms with Gasteiger partial charge in [0.15, 0.2) is 0 Å². The molecule has 0 aliphatic rings. The molecular weight excluding hydrogens is 198 g/mol. The molecule has 2 unspecified atom stereocenters. The minimum absolute atomic E-state index is 0.0935. The summed E-state index contributed by atoms with van der Waals surface area (Å²) >= 11 is 0. The van der Waals surface area contributed by atoms with Crippen LogP contribution < -0.4 is 5.73 Å². The highest BCUT2D eigenvalue weighted by molar-refractivity contribution is 5.39. The maximum absolute atomic E-state index is 9.83. The van der Waals surface area contributed by atoms with Crippen molar-refractivity contribution in [1.82, 2.24) is 0 Å². The number of aromatic hydroxyl groups is 1. The number of benzene rings is 1. The average molecular weight is 221 g/mol. The first-order valence-electron chi connectivity index (χ1n) is 6.05. The molecule has 0 aliphatic heterocycles. The van der Waals surface area contributed by atoms with Crippen LogP contribution in [0.2, 0.25) is 0 Å². The number of phenols is 1. The van der Waals surface area contributed by atoms with Crippen molar-refractivity contribution in [3.05, 3.63) is 29.3 Å². The van der Waals surface area contributed by atoms with Gasteiger partial charge in [0.2, 0.25) is 0 Å². The highest BCUT2D eigenvalue weighted by Gasteiger charge is 2.16. The molecule has 0 amide bonds. The Hall–Kier alpha value is -1.02. The number of hydrogen-bond acceptors (Lipinski definition) is 2. The zero-order valence-electron chi connectivity index (χ0n) is 10.7. The van der Waals surface area contributed by atoms with Crippen molar-refractivity contribution in [3.63, 3.8) is 0 Å². The third-order valence-corrected chi connectivity index (χ3v) is 3.31. The molecular formula is C14H23NO. The number of rotatable bonds is 4. The van der Waals surface area contributed by atoms with Crippen LogP contribution in [0.4, 0.5) is 0 Å². The number of nitrogens with two attached hydrogens (primary N) is 1. The van der Waals surface area contributed by atoms with Crippen LogP contribution in [0, 0.1) is 5.92 Å². The van der Waals surface area contributed by atoms with Gasteiger partial charge in [0.1, 0.15) is 5.75 Å². The minimum Gasteiger partial charge on any atom is -0.508 e. The molecule has 0 heterocycles. The molecule has 16 heavy (non-hydrogen) atoms. The van der Waals surface area contributed by atoms with E-state index in [0.717, 1.165) is 12.0 Å². The van der Waals surface area contributed by atoms with E-state index in [2.05, 4.69) is 27.7 Å². The molecule has 0 fully saturated rings. The summed E-state index contributed by atoms with van der Waals surface area (Å²) in [6.07, 6.45) is 1.10. The number of phenolic OH excluding ortho intramolecular Hbond substituents is 1. The fourth-order valence-electron chi connectivity index (χ4n) is 1.74. The van der Waals surface area contributed by atoms with Gasteiger partial charge < -0.3 is 10.8 Å². The first-order valence-corrected chi connectivity index (χ1v) is 6.05. The monoisotopic (exact) mass is 221 g/mol. The Morgan fingerprint density at radius 2 is 1.88 bits per heavy atom. The molecule has 1 rings (SSSR count). The van der Waals surface area contributed by atoms with Gasteiger partial charge in [0, 0.05) is 11.6 Å². The van der Waals surface area contributed by atoms with Crippen molar-refractivity contribution < 1.29 is 5.11 Å². The van der Waals surface area contributed by atoms with E-state index in [-0.39, 0.29) is 6.04 Å². The van der Waals surface area contributed by atoms with Gasteiger partial charge in [-0.2, -0.15) is 0 Å². The molecule has 0 radical (unpaired) electrons. The van der Waals surface area contributed by atoms with Crippen LogP contribution in [-0.2, 0) is 0 Å². The van der Waals surface area contributed by atoms with E-state index in [0.29, 0.717) is 17.6 Å². The van der Waals surface area contributed by atoms with Crippen molar-refractivity contribution >= 4 is 0 Å².